The van der Waals surface area contributed by atoms with Gasteiger partial charge in [-0.2, -0.15) is 0 Å². The topological polar surface area (TPSA) is 29.6 Å². The Balaban J connectivity index is 0.000000108. The summed E-state index contributed by atoms with van der Waals surface area (Å²) < 4.78 is 14.4. The summed E-state index contributed by atoms with van der Waals surface area (Å²) in [7, 11) is 0. The van der Waals surface area contributed by atoms with E-state index in [9.17, 15) is 0 Å². The van der Waals surface area contributed by atoms with Crippen LogP contribution in [0.5, 0.6) is 0 Å². The van der Waals surface area contributed by atoms with Gasteiger partial charge in [0, 0.05) is 98.6 Å². The average Bonchev–Trinajstić information content (AvgIpc) is 1.56. The van der Waals surface area contributed by atoms with Crippen molar-refractivity contribution >= 4 is 131 Å². The fourth-order valence-electron chi connectivity index (χ4n) is 23.4. The van der Waals surface area contributed by atoms with Crippen LogP contribution in [-0.4, -0.2) is 27.4 Å². The second-order valence-electron chi connectivity index (χ2n) is 38.9. The first-order valence-electron chi connectivity index (χ1n) is 51.6. The smallest absolute Gasteiger partial charge is 0.0541 e. The Hall–Kier alpha value is -19.9. The Morgan fingerprint density at radius 1 is 0.0867 bits per heavy atom. The number of nitrogens with zero attached hydrogens (tertiary/aromatic N) is 6. The van der Waals surface area contributed by atoms with Crippen molar-refractivity contribution in [1.29, 1.82) is 0 Å². The summed E-state index contributed by atoms with van der Waals surface area (Å²) in [5.74, 6) is 0. The lowest BCUT2D eigenvalue weighted by molar-refractivity contribution is 1.18. The lowest BCUT2D eigenvalue weighted by atomic mass is 9.94. The summed E-state index contributed by atoms with van der Waals surface area (Å²) >= 11 is 0. The summed E-state index contributed by atoms with van der Waals surface area (Å²) in [5.41, 5.74) is 43.5. The monoisotopic (exact) mass is 1910 g/mol. The molecule has 150 heavy (non-hydrogen) atoms. The van der Waals surface area contributed by atoms with Crippen molar-refractivity contribution in [3.63, 3.8) is 0 Å². The third-order valence-electron chi connectivity index (χ3n) is 30.4. The number of para-hydroxylation sites is 10. The van der Waals surface area contributed by atoms with Gasteiger partial charge in [-0.1, -0.05) is 400 Å². The maximum Gasteiger partial charge on any atom is 0.0541 e. The number of aromatic nitrogens is 6. The normalized spacial score (nSPS) is 11.6. The van der Waals surface area contributed by atoms with Crippen LogP contribution in [0.15, 0.2) is 582 Å². The Labute approximate surface area is 868 Å². The second kappa shape index (κ2) is 37.4. The summed E-state index contributed by atoms with van der Waals surface area (Å²) in [5, 5.41) is 15.1. The molecular formula is C144H96N6. The van der Waals surface area contributed by atoms with Gasteiger partial charge in [-0.05, 0) is 277 Å². The second-order valence-corrected chi connectivity index (χ2v) is 38.9. The molecule has 0 saturated heterocycles. The first-order chi connectivity index (χ1) is 74.4. The third-order valence-corrected chi connectivity index (χ3v) is 30.4. The highest BCUT2D eigenvalue weighted by Gasteiger charge is 2.24. The van der Waals surface area contributed by atoms with Gasteiger partial charge >= 0.3 is 0 Å². The van der Waals surface area contributed by atoms with Gasteiger partial charge in [-0.25, -0.2) is 0 Å². The molecule has 0 radical (unpaired) electrons. The fraction of sp³-hybridized carbons (Fsp3) is 0. The summed E-state index contributed by atoms with van der Waals surface area (Å²) in [6, 6.07) is 211. The van der Waals surface area contributed by atoms with E-state index in [-0.39, 0.29) is 0 Å². The molecule has 0 saturated carbocycles. The molecule has 0 amide bonds. The molecule has 30 aromatic rings. The van der Waals surface area contributed by atoms with Gasteiger partial charge in [0.1, 0.15) is 0 Å². The van der Waals surface area contributed by atoms with E-state index in [0.717, 1.165) is 11.4 Å². The minimum absolute atomic E-state index is 1.15. The number of benzene rings is 24. The summed E-state index contributed by atoms with van der Waals surface area (Å²) in [4.78, 5) is 0. The third kappa shape index (κ3) is 15.4. The van der Waals surface area contributed by atoms with Crippen molar-refractivity contribution in [2.45, 2.75) is 0 Å². The standard InChI is InChI=1S/3C48H32N2/c1-3-13-33(14-4-1)34-23-25-35(26-24-34)39-17-7-10-20-44(39)50-46-22-12-9-19-41(46)43-32-37(28-30-48(43)50)36-27-29-47-42(31-36)40-18-8-11-21-45(40)49(47)38-15-5-2-6-16-38;1-3-12-33(13-4-1)35-14-11-15-36(30-35)34-22-26-40(27-23-34)50-46-21-10-8-19-42(46)44-32-38(25-29-48(44)50)37-24-28-47-43(31-37)41-18-7-9-20-45(41)49(47)39-16-5-2-6-17-39;1-3-13-33(14-4-1)39-17-7-8-18-40(39)34-23-27-38(28-24-34)50-46-22-12-10-20-42(46)44-32-36(26-30-48(44)50)35-25-29-47-43(31-35)41-19-9-11-21-45(41)49(47)37-15-5-2-6-16-37/h3*1-32H. The Morgan fingerprint density at radius 3 is 0.580 bits per heavy atom. The number of hydrogen-bond acceptors (Lipinski definition) is 0. The van der Waals surface area contributed by atoms with Crippen LogP contribution in [0, 0.1) is 0 Å². The number of hydrogen-bond donors (Lipinski definition) is 0. The van der Waals surface area contributed by atoms with E-state index >= 15 is 0 Å². The van der Waals surface area contributed by atoms with Crippen LogP contribution in [0.1, 0.15) is 0 Å². The van der Waals surface area contributed by atoms with Crippen LogP contribution in [0.3, 0.4) is 0 Å². The van der Waals surface area contributed by atoms with Crippen molar-refractivity contribution in [3.05, 3.63) is 582 Å². The van der Waals surface area contributed by atoms with E-state index in [0.29, 0.717) is 0 Å². The highest BCUT2D eigenvalue weighted by Crippen LogP contribution is 2.47. The lowest BCUT2D eigenvalue weighted by Crippen LogP contribution is -1.97. The number of fused-ring (bicyclic) bond motifs is 18. The predicted octanol–water partition coefficient (Wildman–Crippen LogP) is 38.6. The van der Waals surface area contributed by atoms with E-state index in [4.69, 9.17) is 0 Å². The average molecular weight is 1910 g/mol. The zero-order chi connectivity index (χ0) is 99.1. The van der Waals surface area contributed by atoms with Crippen molar-refractivity contribution in [1.82, 2.24) is 27.4 Å². The quantitative estimate of drug-likeness (QED) is 0.0979. The highest BCUT2D eigenvalue weighted by atomic mass is 15.0. The molecule has 0 aliphatic carbocycles. The van der Waals surface area contributed by atoms with Gasteiger partial charge in [0.05, 0.1) is 71.9 Å². The molecule has 0 spiro atoms. The molecule has 24 aromatic carbocycles. The Bertz CT molecular complexity index is 10400. The zero-order valence-electron chi connectivity index (χ0n) is 82.1. The fourth-order valence-corrected chi connectivity index (χ4v) is 23.4. The molecule has 30 rings (SSSR count). The lowest BCUT2D eigenvalue weighted by Gasteiger charge is -2.14. The molecule has 702 valence electrons. The molecule has 0 bridgehead atoms. The van der Waals surface area contributed by atoms with E-state index < -0.39 is 0 Å². The first kappa shape index (κ1) is 87.8. The van der Waals surface area contributed by atoms with Crippen LogP contribution in [0.4, 0.5) is 0 Å². The van der Waals surface area contributed by atoms with Gasteiger partial charge in [-0.15, -0.1) is 0 Å². The largest absolute Gasteiger partial charge is 0.309 e. The Morgan fingerprint density at radius 2 is 0.260 bits per heavy atom. The first-order valence-corrected chi connectivity index (χ1v) is 51.6. The number of rotatable bonds is 15. The van der Waals surface area contributed by atoms with Crippen LogP contribution in [0.2, 0.25) is 0 Å². The molecule has 0 unspecified atom stereocenters. The van der Waals surface area contributed by atoms with Crippen molar-refractivity contribution < 1.29 is 0 Å². The molecule has 0 atom stereocenters. The molecule has 6 heteroatoms. The predicted molar refractivity (Wildman–Crippen MR) is 634 cm³/mol. The molecule has 0 aliphatic heterocycles. The summed E-state index contributed by atoms with van der Waals surface area (Å²) in [6.45, 7) is 0. The van der Waals surface area contributed by atoms with Gasteiger partial charge in [0.15, 0.2) is 0 Å². The van der Waals surface area contributed by atoms with Gasteiger partial charge < -0.3 is 27.4 Å². The van der Waals surface area contributed by atoms with Crippen molar-refractivity contribution in [3.8, 4) is 134 Å². The maximum absolute atomic E-state index is 2.44. The van der Waals surface area contributed by atoms with E-state index in [1.165, 1.54) is 254 Å². The molecule has 0 fully saturated rings. The van der Waals surface area contributed by atoms with Crippen LogP contribution >= 0.6 is 0 Å². The maximum atomic E-state index is 2.44. The van der Waals surface area contributed by atoms with E-state index in [2.05, 4.69) is 610 Å². The molecule has 6 aromatic heterocycles. The van der Waals surface area contributed by atoms with Crippen molar-refractivity contribution in [2.75, 3.05) is 0 Å². The van der Waals surface area contributed by atoms with E-state index in [1.54, 1.807) is 0 Å². The Kier molecular flexibility index (Phi) is 21.9. The van der Waals surface area contributed by atoms with Crippen molar-refractivity contribution in [2.24, 2.45) is 0 Å². The zero-order valence-corrected chi connectivity index (χ0v) is 82.1. The van der Waals surface area contributed by atoms with Gasteiger partial charge in [0.25, 0.3) is 0 Å². The molecular weight excluding hydrogens is 1810 g/mol. The van der Waals surface area contributed by atoms with Gasteiger partial charge in [0.2, 0.25) is 0 Å². The van der Waals surface area contributed by atoms with Gasteiger partial charge in [-0.3, -0.25) is 0 Å². The van der Waals surface area contributed by atoms with Crippen LogP contribution in [0.25, 0.3) is 265 Å². The molecule has 6 heterocycles. The molecule has 6 nitrogen and oxygen atoms in total. The van der Waals surface area contributed by atoms with Crippen LogP contribution < -0.4 is 0 Å². The SMILES string of the molecule is c1ccc(-c2ccc(-c3ccccc3-n3c4ccccc4c4cc(-c5ccc6c(c5)c5ccccc5n6-c5ccccc5)ccc43)cc2)cc1.c1ccc(-c2cccc(-c3ccc(-n4c5ccccc5c5cc(-c6ccc7c(c6)c6ccccc6n7-c6ccccc6)ccc54)cc3)c2)cc1.c1ccc(-c2ccccc2-c2ccc(-n3c4ccccc4c4cc(-c5ccc6c(c5)c5ccccc5n6-c5ccccc5)ccc43)cc2)cc1. The minimum atomic E-state index is 1.15. The summed E-state index contributed by atoms with van der Waals surface area (Å²) in [6.07, 6.45) is 0. The highest BCUT2D eigenvalue weighted by molar-refractivity contribution is 6.18. The molecule has 0 N–H and O–H groups in total. The van der Waals surface area contributed by atoms with E-state index in [1.807, 2.05) is 0 Å². The van der Waals surface area contributed by atoms with Crippen LogP contribution in [-0.2, 0) is 0 Å². The molecule has 0 aliphatic rings. The minimum Gasteiger partial charge on any atom is -0.309 e.